The summed E-state index contributed by atoms with van der Waals surface area (Å²) in [5.41, 5.74) is 3.33. The first kappa shape index (κ1) is 31.4. The highest BCUT2D eigenvalue weighted by Gasteiger charge is 2.47. The number of benzene rings is 2. The predicted molar refractivity (Wildman–Crippen MR) is 155 cm³/mol. The topological polar surface area (TPSA) is 114 Å². The van der Waals surface area contributed by atoms with Crippen molar-refractivity contribution in [1.82, 2.24) is 0 Å². The number of hydrogen-bond donors (Lipinski definition) is 0. The summed E-state index contributed by atoms with van der Waals surface area (Å²) in [6.45, 7) is 6.35. The molecule has 2 heterocycles. The van der Waals surface area contributed by atoms with Crippen LogP contribution in [0.1, 0.15) is 49.3 Å². The third-order valence-corrected chi connectivity index (χ3v) is 7.62. The first-order valence-corrected chi connectivity index (χ1v) is 14.2. The van der Waals surface area contributed by atoms with Crippen LogP contribution in [0.3, 0.4) is 0 Å². The third kappa shape index (κ3) is 8.07. The van der Waals surface area contributed by atoms with Gasteiger partial charge in [0, 0.05) is 49.4 Å². The molecule has 0 radical (unpaired) electrons. The van der Waals surface area contributed by atoms with Gasteiger partial charge in [-0.25, -0.2) is 4.39 Å². The number of thiophene rings is 1. The Morgan fingerprint density at radius 2 is 1.51 bits per heavy atom. The monoisotopic (exact) mass is 610 g/mol. The zero-order valence-electron chi connectivity index (χ0n) is 24.3. The Kier molecular flexibility index (Phi) is 9.97. The van der Waals surface area contributed by atoms with Gasteiger partial charge in [-0.1, -0.05) is 24.3 Å². The molecule has 0 saturated carbocycles. The van der Waals surface area contributed by atoms with Crippen LogP contribution in [-0.2, 0) is 49.3 Å². The average molecular weight is 611 g/mol. The lowest BCUT2D eigenvalue weighted by atomic mass is 9.96. The molecular formula is C32H31FO9S. The lowest BCUT2D eigenvalue weighted by Crippen LogP contribution is -2.51. The van der Waals surface area contributed by atoms with Crippen molar-refractivity contribution in [2.45, 2.75) is 59.4 Å². The molecule has 0 N–H and O–H groups in total. The summed E-state index contributed by atoms with van der Waals surface area (Å²) in [6.07, 6.45) is -3.18. The maximum atomic E-state index is 13.4. The Morgan fingerprint density at radius 1 is 0.837 bits per heavy atom. The molecule has 0 amide bonds. The van der Waals surface area contributed by atoms with E-state index in [1.807, 2.05) is 31.2 Å². The molecule has 0 unspecified atom stereocenters. The molecule has 4 rings (SSSR count). The van der Waals surface area contributed by atoms with Crippen LogP contribution in [0.4, 0.5) is 4.39 Å². The van der Waals surface area contributed by atoms with E-state index in [4.69, 9.17) is 23.7 Å². The van der Waals surface area contributed by atoms with Crippen LogP contribution < -0.4 is 0 Å². The normalized spacial score (nSPS) is 18.0. The van der Waals surface area contributed by atoms with E-state index in [0.29, 0.717) is 12.0 Å². The Morgan fingerprint density at radius 3 is 2.14 bits per heavy atom. The van der Waals surface area contributed by atoms with E-state index in [-0.39, 0.29) is 23.9 Å². The lowest BCUT2D eigenvalue weighted by Gasteiger charge is -2.38. The van der Waals surface area contributed by atoms with Crippen LogP contribution in [-0.4, -0.2) is 48.8 Å². The second-order valence-electron chi connectivity index (χ2n) is 9.94. The Hall–Kier alpha value is -4.51. The molecule has 1 aliphatic rings. The quantitative estimate of drug-likeness (QED) is 0.229. The molecule has 9 nitrogen and oxygen atoms in total. The largest absolute Gasteiger partial charge is 0.478 e. The van der Waals surface area contributed by atoms with Crippen molar-refractivity contribution in [3.63, 3.8) is 0 Å². The highest BCUT2D eigenvalue weighted by atomic mass is 32.1. The zero-order chi connectivity index (χ0) is 31.3. The second kappa shape index (κ2) is 13.6. The van der Waals surface area contributed by atoms with Crippen molar-refractivity contribution in [2.24, 2.45) is 0 Å². The van der Waals surface area contributed by atoms with Gasteiger partial charge in [-0.2, -0.15) is 0 Å². The lowest BCUT2D eigenvalue weighted by molar-refractivity contribution is -0.184. The fraction of sp³-hybridized carbons (Fsp3) is 0.312. The maximum absolute atomic E-state index is 13.4. The van der Waals surface area contributed by atoms with Gasteiger partial charge >= 0.3 is 23.9 Å². The van der Waals surface area contributed by atoms with Crippen molar-refractivity contribution in [2.75, 3.05) is 6.61 Å². The summed E-state index contributed by atoms with van der Waals surface area (Å²) >= 11 is 1.58. The van der Waals surface area contributed by atoms with Crippen LogP contribution in [0.2, 0.25) is 0 Å². The molecule has 1 aromatic heterocycles. The van der Waals surface area contributed by atoms with Gasteiger partial charge in [-0.15, -0.1) is 11.3 Å². The average Bonchev–Trinajstić information content (AvgIpc) is 3.39. The first-order chi connectivity index (χ1) is 20.4. The minimum atomic E-state index is -1.37. The molecule has 226 valence electrons. The molecule has 0 saturated heterocycles. The molecule has 0 spiro atoms. The maximum Gasteiger partial charge on any atom is 0.307 e. The first-order valence-electron chi connectivity index (χ1n) is 13.4. The smallest absolute Gasteiger partial charge is 0.307 e. The number of ether oxygens (including phenoxy) is 5. The third-order valence-electron chi connectivity index (χ3n) is 6.48. The van der Waals surface area contributed by atoms with Crippen molar-refractivity contribution in [1.29, 1.82) is 0 Å². The number of hydrogen-bond acceptors (Lipinski definition) is 10. The van der Waals surface area contributed by atoms with E-state index in [0.717, 1.165) is 40.3 Å². The highest BCUT2D eigenvalue weighted by Crippen LogP contribution is 2.37. The van der Waals surface area contributed by atoms with E-state index in [2.05, 4.69) is 0 Å². The van der Waals surface area contributed by atoms with Gasteiger partial charge in [-0.05, 0) is 53.9 Å². The van der Waals surface area contributed by atoms with Crippen LogP contribution in [0, 0.1) is 12.7 Å². The summed E-state index contributed by atoms with van der Waals surface area (Å²) in [4.78, 5) is 50.0. The number of esters is 4. The van der Waals surface area contributed by atoms with Gasteiger partial charge < -0.3 is 23.7 Å². The standard InChI is InChI=1S/C32H31FO9S/c1-17-6-7-23(14-24(17)15-26-12-13-28(43-26)22-8-10-25(33)11-9-22)29-31(40-20(4)36)32(41-21(5)37)30(39-19(3)35)27(42-29)16-38-18(2)34/h6-14,27,30,32H,15-16H2,1-5H3/t27-,30-,32+/m1/s1. The molecule has 43 heavy (non-hydrogen) atoms. The fourth-order valence-electron chi connectivity index (χ4n) is 4.61. The minimum absolute atomic E-state index is 0.0708. The Bertz CT molecular complexity index is 1560. The predicted octanol–water partition coefficient (Wildman–Crippen LogP) is 5.51. The fourth-order valence-corrected chi connectivity index (χ4v) is 5.65. The number of carbonyl (C=O) groups excluding carboxylic acids is 4. The van der Waals surface area contributed by atoms with Crippen LogP contribution in [0.5, 0.6) is 0 Å². The molecule has 3 atom stereocenters. The highest BCUT2D eigenvalue weighted by molar-refractivity contribution is 7.15. The van der Waals surface area contributed by atoms with Crippen molar-refractivity contribution in [3.05, 3.63) is 87.7 Å². The molecular weight excluding hydrogens is 579 g/mol. The Balaban J connectivity index is 1.76. The van der Waals surface area contributed by atoms with Crippen molar-refractivity contribution >= 4 is 41.0 Å². The summed E-state index contributed by atoms with van der Waals surface area (Å²) in [6, 6.07) is 15.8. The number of aryl methyl sites for hydroxylation is 1. The van der Waals surface area contributed by atoms with Gasteiger partial charge in [0.1, 0.15) is 12.4 Å². The van der Waals surface area contributed by atoms with Gasteiger partial charge in [0.2, 0.25) is 6.10 Å². The summed E-state index contributed by atoms with van der Waals surface area (Å²) in [7, 11) is 0. The number of carbonyl (C=O) groups is 4. The van der Waals surface area contributed by atoms with Gasteiger partial charge in [-0.3, -0.25) is 19.2 Å². The molecule has 3 aromatic rings. The van der Waals surface area contributed by atoms with E-state index in [9.17, 15) is 23.6 Å². The molecule has 0 bridgehead atoms. The van der Waals surface area contributed by atoms with Crippen molar-refractivity contribution in [3.8, 4) is 10.4 Å². The van der Waals surface area contributed by atoms with E-state index < -0.39 is 42.2 Å². The minimum Gasteiger partial charge on any atom is -0.478 e. The van der Waals surface area contributed by atoms with Crippen LogP contribution in [0.25, 0.3) is 16.2 Å². The van der Waals surface area contributed by atoms with Crippen LogP contribution >= 0.6 is 11.3 Å². The molecule has 0 aliphatic carbocycles. The summed E-state index contributed by atoms with van der Waals surface area (Å²) < 4.78 is 41.2. The Labute approximate surface area is 252 Å². The summed E-state index contributed by atoms with van der Waals surface area (Å²) in [5, 5.41) is 0. The number of halogens is 1. The van der Waals surface area contributed by atoms with E-state index in [1.165, 1.54) is 26.0 Å². The zero-order valence-corrected chi connectivity index (χ0v) is 25.1. The molecule has 2 aromatic carbocycles. The molecule has 0 fully saturated rings. The van der Waals surface area contributed by atoms with Gasteiger partial charge in [0.05, 0.1) is 0 Å². The number of rotatable bonds is 9. The van der Waals surface area contributed by atoms with Crippen LogP contribution in [0.15, 0.2) is 60.4 Å². The summed E-state index contributed by atoms with van der Waals surface area (Å²) in [5.74, 6) is -3.13. The van der Waals surface area contributed by atoms with Gasteiger partial charge in [0.15, 0.2) is 23.7 Å². The van der Waals surface area contributed by atoms with Gasteiger partial charge in [0.25, 0.3) is 0 Å². The SMILES string of the molecule is CC(=O)OC[C@H]1OC(c2ccc(C)c(Cc3ccc(-c4ccc(F)cc4)s3)c2)=C(OC(C)=O)[C@@H](OC(C)=O)[C@@H]1OC(C)=O. The van der Waals surface area contributed by atoms with E-state index in [1.54, 1.807) is 29.5 Å². The van der Waals surface area contributed by atoms with Crippen molar-refractivity contribution < 1.29 is 47.3 Å². The van der Waals surface area contributed by atoms with E-state index >= 15 is 0 Å². The second-order valence-corrected chi connectivity index (χ2v) is 11.1. The molecule has 11 heteroatoms. The molecule has 1 aliphatic heterocycles.